The molecule has 0 spiro atoms. The fourth-order valence-electron chi connectivity index (χ4n) is 2.07. The molecule has 0 aromatic heterocycles. The summed E-state index contributed by atoms with van der Waals surface area (Å²) in [5.41, 5.74) is 7.77. The summed E-state index contributed by atoms with van der Waals surface area (Å²) in [6.07, 6.45) is 0.872. The summed E-state index contributed by atoms with van der Waals surface area (Å²) in [7, 11) is 0. The number of carbonyl (C=O) groups is 1. The second-order valence-electron chi connectivity index (χ2n) is 4.52. The van der Waals surface area contributed by atoms with Gasteiger partial charge >= 0.3 is 0 Å². The van der Waals surface area contributed by atoms with Crippen LogP contribution in [-0.2, 0) is 4.74 Å². The van der Waals surface area contributed by atoms with E-state index in [9.17, 15) is 4.79 Å². The summed E-state index contributed by atoms with van der Waals surface area (Å²) in [4.78, 5) is 12.2. The summed E-state index contributed by atoms with van der Waals surface area (Å²) >= 11 is 0. The molecule has 1 fully saturated rings. The van der Waals surface area contributed by atoms with E-state index in [-0.39, 0.29) is 11.9 Å². The molecule has 4 nitrogen and oxygen atoms in total. The maximum Gasteiger partial charge on any atom is 0.251 e. The Hall–Kier alpha value is -1.83. The average Bonchev–Trinajstić information content (AvgIpc) is 2.90. The van der Waals surface area contributed by atoms with Crippen LogP contribution in [0.25, 0.3) is 0 Å². The lowest BCUT2D eigenvalue weighted by Gasteiger charge is -2.12. The summed E-state index contributed by atoms with van der Waals surface area (Å²) < 4.78 is 5.25. The number of nitrogens with two attached hydrogens (primary N) is 1. The van der Waals surface area contributed by atoms with Crippen molar-refractivity contribution in [2.75, 3.05) is 19.8 Å². The van der Waals surface area contributed by atoms with Crippen LogP contribution in [0.2, 0.25) is 0 Å². The molecule has 1 aromatic rings. The van der Waals surface area contributed by atoms with E-state index in [2.05, 4.69) is 17.2 Å². The first kappa shape index (κ1) is 13.6. The predicted octanol–water partition coefficient (Wildman–Crippen LogP) is 0.824. The largest absolute Gasteiger partial charge is 0.379 e. The van der Waals surface area contributed by atoms with Gasteiger partial charge in [0.2, 0.25) is 0 Å². The second-order valence-corrected chi connectivity index (χ2v) is 4.52. The lowest BCUT2D eigenvalue weighted by molar-refractivity contribution is 0.0929. The van der Waals surface area contributed by atoms with E-state index in [1.54, 1.807) is 0 Å². The monoisotopic (exact) mass is 258 g/mol. The van der Waals surface area contributed by atoms with Crippen molar-refractivity contribution in [3.8, 4) is 11.8 Å². The van der Waals surface area contributed by atoms with E-state index in [0.29, 0.717) is 25.3 Å². The molecule has 1 aromatic carbocycles. The van der Waals surface area contributed by atoms with E-state index in [1.165, 1.54) is 0 Å². The maximum atomic E-state index is 12.2. The Labute approximate surface area is 113 Å². The van der Waals surface area contributed by atoms with Crippen LogP contribution in [0.4, 0.5) is 0 Å². The van der Waals surface area contributed by atoms with E-state index >= 15 is 0 Å². The molecule has 1 aliphatic rings. The van der Waals surface area contributed by atoms with Gasteiger partial charge in [0.05, 0.1) is 19.2 Å². The molecule has 1 amide bonds. The molecule has 100 valence electrons. The minimum Gasteiger partial charge on any atom is -0.379 e. The Balaban J connectivity index is 2.16. The van der Waals surface area contributed by atoms with Gasteiger partial charge in [-0.05, 0) is 31.0 Å². The summed E-state index contributed by atoms with van der Waals surface area (Å²) in [6, 6.07) is 5.67. The van der Waals surface area contributed by atoms with Gasteiger partial charge in [-0.3, -0.25) is 4.79 Å². The number of amides is 1. The van der Waals surface area contributed by atoms with Crippen molar-refractivity contribution in [1.82, 2.24) is 5.32 Å². The number of hydrogen-bond acceptors (Lipinski definition) is 3. The lowest BCUT2D eigenvalue weighted by Crippen LogP contribution is -2.35. The summed E-state index contributed by atoms with van der Waals surface area (Å²) in [6.45, 7) is 3.53. The third-order valence-corrected chi connectivity index (χ3v) is 3.17. The van der Waals surface area contributed by atoms with Crippen molar-refractivity contribution in [3.05, 3.63) is 34.9 Å². The van der Waals surface area contributed by atoms with Crippen LogP contribution in [0.5, 0.6) is 0 Å². The van der Waals surface area contributed by atoms with Crippen molar-refractivity contribution in [1.29, 1.82) is 0 Å². The molecule has 0 aliphatic carbocycles. The fraction of sp³-hybridized carbons (Fsp3) is 0.400. The molecular weight excluding hydrogens is 240 g/mol. The van der Waals surface area contributed by atoms with Gasteiger partial charge in [0.25, 0.3) is 5.91 Å². The molecule has 3 N–H and O–H groups in total. The SMILES string of the molecule is Cc1c(C#CCN)cccc1C(=O)NC1CCOC1. The number of ether oxygens (including phenoxy) is 1. The number of rotatable bonds is 2. The van der Waals surface area contributed by atoms with E-state index in [0.717, 1.165) is 17.5 Å². The summed E-state index contributed by atoms with van der Waals surface area (Å²) in [5, 5.41) is 2.98. The van der Waals surface area contributed by atoms with Crippen LogP contribution >= 0.6 is 0 Å². The lowest BCUT2D eigenvalue weighted by atomic mass is 10.0. The molecule has 1 atom stereocenters. The van der Waals surface area contributed by atoms with Crippen LogP contribution in [0, 0.1) is 18.8 Å². The first-order valence-corrected chi connectivity index (χ1v) is 6.39. The number of nitrogens with one attached hydrogen (secondary N) is 1. The number of benzene rings is 1. The highest BCUT2D eigenvalue weighted by Gasteiger charge is 2.19. The topological polar surface area (TPSA) is 64.4 Å². The van der Waals surface area contributed by atoms with E-state index in [1.807, 2.05) is 25.1 Å². The Morgan fingerprint density at radius 1 is 1.58 bits per heavy atom. The number of carbonyl (C=O) groups excluding carboxylic acids is 1. The van der Waals surface area contributed by atoms with Gasteiger partial charge < -0.3 is 15.8 Å². The molecular formula is C15H18N2O2. The molecule has 0 radical (unpaired) electrons. The van der Waals surface area contributed by atoms with Gasteiger partial charge in [-0.15, -0.1) is 0 Å². The highest BCUT2D eigenvalue weighted by molar-refractivity contribution is 5.96. The maximum absolute atomic E-state index is 12.2. The molecule has 1 heterocycles. The van der Waals surface area contributed by atoms with Crippen LogP contribution in [0.1, 0.15) is 27.9 Å². The standard InChI is InChI=1S/C15H18N2O2/c1-11-12(5-3-8-16)4-2-6-14(11)15(18)17-13-7-9-19-10-13/h2,4,6,13H,7-10,16H2,1H3,(H,17,18). The predicted molar refractivity (Wildman–Crippen MR) is 73.8 cm³/mol. The van der Waals surface area contributed by atoms with E-state index < -0.39 is 0 Å². The van der Waals surface area contributed by atoms with Crippen molar-refractivity contribution in [2.45, 2.75) is 19.4 Å². The van der Waals surface area contributed by atoms with Gasteiger partial charge in [-0.25, -0.2) is 0 Å². The first-order chi connectivity index (χ1) is 9.22. The minimum absolute atomic E-state index is 0.0654. The van der Waals surface area contributed by atoms with Crippen molar-refractivity contribution >= 4 is 5.91 Å². The highest BCUT2D eigenvalue weighted by Crippen LogP contribution is 2.14. The Morgan fingerprint density at radius 3 is 3.11 bits per heavy atom. The first-order valence-electron chi connectivity index (χ1n) is 6.39. The molecule has 1 unspecified atom stereocenters. The van der Waals surface area contributed by atoms with Crippen LogP contribution in [0.3, 0.4) is 0 Å². The molecule has 2 rings (SSSR count). The minimum atomic E-state index is -0.0654. The third-order valence-electron chi connectivity index (χ3n) is 3.17. The fourth-order valence-corrected chi connectivity index (χ4v) is 2.07. The molecule has 0 bridgehead atoms. The zero-order valence-corrected chi connectivity index (χ0v) is 11.0. The number of hydrogen-bond donors (Lipinski definition) is 2. The van der Waals surface area contributed by atoms with Crippen molar-refractivity contribution in [3.63, 3.8) is 0 Å². The van der Waals surface area contributed by atoms with Gasteiger partial charge in [-0.2, -0.15) is 0 Å². The summed E-state index contributed by atoms with van der Waals surface area (Å²) in [5.74, 6) is 5.73. The van der Waals surface area contributed by atoms with Gasteiger partial charge in [0, 0.05) is 17.7 Å². The average molecular weight is 258 g/mol. The Kier molecular flexibility index (Phi) is 4.56. The third kappa shape index (κ3) is 3.34. The normalized spacial score (nSPS) is 17.7. The van der Waals surface area contributed by atoms with E-state index in [4.69, 9.17) is 10.5 Å². The zero-order valence-electron chi connectivity index (χ0n) is 11.0. The van der Waals surface area contributed by atoms with Crippen LogP contribution < -0.4 is 11.1 Å². The molecule has 1 saturated heterocycles. The molecule has 19 heavy (non-hydrogen) atoms. The zero-order chi connectivity index (χ0) is 13.7. The molecule has 1 aliphatic heterocycles. The Bertz CT molecular complexity index is 523. The van der Waals surface area contributed by atoms with Gasteiger partial charge in [0.15, 0.2) is 0 Å². The van der Waals surface area contributed by atoms with Crippen molar-refractivity contribution in [2.24, 2.45) is 5.73 Å². The van der Waals surface area contributed by atoms with Crippen molar-refractivity contribution < 1.29 is 9.53 Å². The highest BCUT2D eigenvalue weighted by atomic mass is 16.5. The molecule has 0 saturated carbocycles. The smallest absolute Gasteiger partial charge is 0.251 e. The molecule has 4 heteroatoms. The quantitative estimate of drug-likeness (QED) is 0.772. The van der Waals surface area contributed by atoms with Crippen LogP contribution in [-0.4, -0.2) is 31.7 Å². The van der Waals surface area contributed by atoms with Gasteiger partial charge in [0.1, 0.15) is 0 Å². The second kappa shape index (κ2) is 6.37. The Morgan fingerprint density at radius 2 is 2.42 bits per heavy atom. The van der Waals surface area contributed by atoms with Gasteiger partial charge in [-0.1, -0.05) is 17.9 Å². The van der Waals surface area contributed by atoms with Crippen LogP contribution in [0.15, 0.2) is 18.2 Å².